The van der Waals surface area contributed by atoms with Gasteiger partial charge >= 0.3 is 18.0 Å². The molecule has 0 spiro atoms. The molecule has 3 amide bonds. The number of urea groups is 1. The molecule has 164 valence electrons. The molecule has 2 aromatic rings. The predicted molar refractivity (Wildman–Crippen MR) is 114 cm³/mol. The molecule has 9 nitrogen and oxygen atoms in total. The van der Waals surface area contributed by atoms with Crippen LogP contribution in [-0.2, 0) is 20.8 Å². The lowest BCUT2D eigenvalue weighted by Gasteiger charge is -2.11. The van der Waals surface area contributed by atoms with Gasteiger partial charge in [0.1, 0.15) is 0 Å². The molecule has 31 heavy (non-hydrogen) atoms. The van der Waals surface area contributed by atoms with E-state index in [1.807, 2.05) is 30.3 Å². The first-order valence-electron chi connectivity index (χ1n) is 9.77. The number of amides is 3. The smallest absolute Gasteiger partial charge is 0.338 e. The van der Waals surface area contributed by atoms with Crippen molar-refractivity contribution in [2.24, 2.45) is 0 Å². The van der Waals surface area contributed by atoms with E-state index in [1.165, 1.54) is 18.2 Å². The lowest BCUT2D eigenvalue weighted by Crippen LogP contribution is -2.41. The monoisotopic (exact) mass is 427 g/mol. The van der Waals surface area contributed by atoms with Gasteiger partial charge in [-0.25, -0.2) is 14.4 Å². The van der Waals surface area contributed by atoms with Crippen molar-refractivity contribution < 1.29 is 28.7 Å². The van der Waals surface area contributed by atoms with Crippen molar-refractivity contribution in [3.63, 3.8) is 0 Å². The first-order chi connectivity index (χ1) is 14.9. The van der Waals surface area contributed by atoms with E-state index in [4.69, 9.17) is 9.47 Å². The first-order valence-corrected chi connectivity index (χ1v) is 9.77. The zero-order valence-corrected chi connectivity index (χ0v) is 17.4. The highest BCUT2D eigenvalue weighted by atomic mass is 16.5. The number of hydrogen-bond acceptors (Lipinski definition) is 7. The molecule has 0 aliphatic rings. The number of ether oxygens (including phenoxy) is 2. The van der Waals surface area contributed by atoms with Gasteiger partial charge in [0.2, 0.25) is 5.91 Å². The molecule has 0 bridgehead atoms. The van der Waals surface area contributed by atoms with E-state index in [1.54, 1.807) is 13.8 Å². The number of anilines is 1. The van der Waals surface area contributed by atoms with Crippen molar-refractivity contribution in [2.75, 3.05) is 25.1 Å². The molecular weight excluding hydrogens is 402 g/mol. The molecule has 2 aromatic carbocycles. The second-order valence-corrected chi connectivity index (χ2v) is 6.31. The second-order valence-electron chi connectivity index (χ2n) is 6.31. The average Bonchev–Trinajstić information content (AvgIpc) is 2.77. The largest absolute Gasteiger partial charge is 0.462 e. The van der Waals surface area contributed by atoms with Crippen LogP contribution in [0.4, 0.5) is 10.5 Å². The van der Waals surface area contributed by atoms with Gasteiger partial charge in [0, 0.05) is 12.2 Å². The molecule has 0 saturated heterocycles. The van der Waals surface area contributed by atoms with Gasteiger partial charge in [-0.3, -0.25) is 10.1 Å². The number of carbonyl (C=O) groups is 4. The molecule has 9 heteroatoms. The summed E-state index contributed by atoms with van der Waals surface area (Å²) in [6.45, 7) is 3.70. The number of carbonyl (C=O) groups excluding carboxylic acids is 4. The number of esters is 2. The van der Waals surface area contributed by atoms with Crippen LogP contribution in [0.15, 0.2) is 48.5 Å². The molecule has 0 aliphatic carbocycles. The predicted octanol–water partition coefficient (Wildman–Crippen LogP) is 2.48. The summed E-state index contributed by atoms with van der Waals surface area (Å²) >= 11 is 0. The minimum Gasteiger partial charge on any atom is -0.462 e. The molecule has 0 heterocycles. The van der Waals surface area contributed by atoms with Gasteiger partial charge in [-0.05, 0) is 37.6 Å². The zero-order chi connectivity index (χ0) is 22.6. The van der Waals surface area contributed by atoms with Crippen molar-refractivity contribution >= 4 is 29.6 Å². The number of benzene rings is 2. The maximum Gasteiger partial charge on any atom is 0.338 e. The average molecular weight is 427 g/mol. The summed E-state index contributed by atoms with van der Waals surface area (Å²) in [5, 5.41) is 7.57. The molecule has 0 atom stereocenters. The summed E-state index contributed by atoms with van der Waals surface area (Å²) in [5.41, 5.74) is 1.49. The highest BCUT2D eigenvalue weighted by Gasteiger charge is 2.15. The third-order valence-electron chi connectivity index (χ3n) is 3.96. The Bertz CT molecular complexity index is 894. The van der Waals surface area contributed by atoms with Crippen molar-refractivity contribution in [1.29, 1.82) is 0 Å². The Morgan fingerprint density at radius 3 is 1.97 bits per heavy atom. The SMILES string of the molecule is CCOC(=O)c1cc(NCC(=O)NC(=O)NCc2ccccc2)cc(C(=O)OCC)c1. The summed E-state index contributed by atoms with van der Waals surface area (Å²) < 4.78 is 9.94. The number of rotatable bonds is 9. The summed E-state index contributed by atoms with van der Waals surface area (Å²) in [6.07, 6.45) is 0. The topological polar surface area (TPSA) is 123 Å². The van der Waals surface area contributed by atoms with Crippen molar-refractivity contribution in [2.45, 2.75) is 20.4 Å². The van der Waals surface area contributed by atoms with Gasteiger partial charge < -0.3 is 20.1 Å². The molecule has 0 unspecified atom stereocenters. The van der Waals surface area contributed by atoms with Gasteiger partial charge in [-0.2, -0.15) is 0 Å². The fourth-order valence-corrected chi connectivity index (χ4v) is 2.57. The fraction of sp³-hybridized carbons (Fsp3) is 0.273. The minimum absolute atomic E-state index is 0.135. The molecule has 0 aromatic heterocycles. The number of imide groups is 1. The molecule has 3 N–H and O–H groups in total. The van der Waals surface area contributed by atoms with Crippen LogP contribution in [0.5, 0.6) is 0 Å². The molecular formula is C22H25N3O6. The lowest BCUT2D eigenvalue weighted by atomic mass is 10.1. The van der Waals surface area contributed by atoms with Crippen LogP contribution >= 0.6 is 0 Å². The third-order valence-corrected chi connectivity index (χ3v) is 3.96. The Morgan fingerprint density at radius 1 is 0.839 bits per heavy atom. The van der Waals surface area contributed by atoms with Crippen molar-refractivity contribution in [3.8, 4) is 0 Å². The van der Waals surface area contributed by atoms with E-state index >= 15 is 0 Å². The van der Waals surface area contributed by atoms with E-state index < -0.39 is 23.9 Å². The van der Waals surface area contributed by atoms with E-state index in [2.05, 4.69) is 16.0 Å². The summed E-state index contributed by atoms with van der Waals surface area (Å²) in [4.78, 5) is 48.1. The molecule has 0 radical (unpaired) electrons. The van der Waals surface area contributed by atoms with E-state index in [0.717, 1.165) is 5.56 Å². The van der Waals surface area contributed by atoms with Gasteiger partial charge in [0.25, 0.3) is 0 Å². The van der Waals surface area contributed by atoms with Crippen LogP contribution in [0.1, 0.15) is 40.1 Å². The Kier molecular flexibility index (Phi) is 9.03. The summed E-state index contributed by atoms with van der Waals surface area (Å²) in [5.74, 6) is -1.81. The molecule has 2 rings (SSSR count). The van der Waals surface area contributed by atoms with Crippen LogP contribution in [0.2, 0.25) is 0 Å². The van der Waals surface area contributed by atoms with Crippen LogP contribution in [0.3, 0.4) is 0 Å². The van der Waals surface area contributed by atoms with Gasteiger partial charge in [-0.15, -0.1) is 0 Å². The first kappa shape index (κ1) is 23.4. The lowest BCUT2D eigenvalue weighted by molar-refractivity contribution is -0.118. The van der Waals surface area contributed by atoms with Gasteiger partial charge in [0.15, 0.2) is 0 Å². The van der Waals surface area contributed by atoms with E-state index in [-0.39, 0.29) is 37.4 Å². The summed E-state index contributed by atoms with van der Waals surface area (Å²) in [6, 6.07) is 12.9. The standard InChI is InChI=1S/C22H25N3O6/c1-3-30-20(27)16-10-17(21(28)31-4-2)12-18(11-16)23-14-19(26)25-22(29)24-13-15-8-6-5-7-9-15/h5-12,23H,3-4,13-14H2,1-2H3,(H2,24,25,26,29). The summed E-state index contributed by atoms with van der Waals surface area (Å²) in [7, 11) is 0. The van der Waals surface area contributed by atoms with Gasteiger partial charge in [0.05, 0.1) is 30.9 Å². The second kappa shape index (κ2) is 12.0. The maximum atomic E-state index is 12.1. The minimum atomic E-state index is -0.636. The molecule has 0 fully saturated rings. The van der Waals surface area contributed by atoms with E-state index in [0.29, 0.717) is 5.69 Å². The van der Waals surface area contributed by atoms with Crippen molar-refractivity contribution in [3.05, 3.63) is 65.2 Å². The van der Waals surface area contributed by atoms with Crippen molar-refractivity contribution in [1.82, 2.24) is 10.6 Å². The quantitative estimate of drug-likeness (QED) is 0.525. The van der Waals surface area contributed by atoms with Gasteiger partial charge in [-0.1, -0.05) is 30.3 Å². The third kappa shape index (κ3) is 7.81. The highest BCUT2D eigenvalue weighted by molar-refractivity contribution is 5.98. The van der Waals surface area contributed by atoms with Crippen LogP contribution in [0, 0.1) is 0 Å². The Labute approximate surface area is 180 Å². The normalized spacial score (nSPS) is 10.0. The molecule has 0 aliphatic heterocycles. The fourth-order valence-electron chi connectivity index (χ4n) is 2.57. The van der Waals surface area contributed by atoms with Crippen LogP contribution < -0.4 is 16.0 Å². The van der Waals surface area contributed by atoms with E-state index in [9.17, 15) is 19.2 Å². The Balaban J connectivity index is 1.97. The zero-order valence-electron chi connectivity index (χ0n) is 17.4. The number of nitrogens with one attached hydrogen (secondary N) is 3. The van der Waals surface area contributed by atoms with Crippen LogP contribution in [0.25, 0.3) is 0 Å². The molecule has 0 saturated carbocycles. The number of hydrogen-bond donors (Lipinski definition) is 3. The maximum absolute atomic E-state index is 12.1. The van der Waals surface area contributed by atoms with Crippen LogP contribution in [-0.4, -0.2) is 43.6 Å². The Morgan fingerprint density at radius 2 is 1.42 bits per heavy atom. The Hall–Kier alpha value is -3.88. The highest BCUT2D eigenvalue weighted by Crippen LogP contribution is 2.17.